The Morgan fingerprint density at radius 2 is 2.37 bits per heavy atom. The van der Waals surface area contributed by atoms with Gasteiger partial charge in [0.1, 0.15) is 18.0 Å². The first-order valence-electron chi connectivity index (χ1n) is 7.30. The van der Waals surface area contributed by atoms with Gasteiger partial charge in [0.05, 0.1) is 0 Å². The number of piperidine rings is 1. The molecule has 5 heteroatoms. The molecule has 0 amide bonds. The van der Waals surface area contributed by atoms with Crippen molar-refractivity contribution in [2.24, 2.45) is 0 Å². The molecule has 0 radical (unpaired) electrons. The van der Waals surface area contributed by atoms with Crippen LogP contribution in [0.2, 0.25) is 0 Å². The van der Waals surface area contributed by atoms with Crippen LogP contribution in [-0.2, 0) is 0 Å². The van der Waals surface area contributed by atoms with Crippen LogP contribution in [0, 0.1) is 0 Å². The number of unbranched alkanes of at least 4 members (excludes halogenated alkanes) is 1. The average Bonchev–Trinajstić information content (AvgIpc) is 2.48. The molecule has 1 unspecified atom stereocenters. The Morgan fingerprint density at radius 1 is 1.47 bits per heavy atom. The number of rotatable bonds is 6. The smallest absolute Gasteiger partial charge is 0.134 e. The topological polar surface area (TPSA) is 53.1 Å². The SMILES string of the molecule is CCCCNc1cc(N(C)C2CCCNC2)ncn1. The van der Waals surface area contributed by atoms with Crippen molar-refractivity contribution < 1.29 is 0 Å². The number of hydrogen-bond acceptors (Lipinski definition) is 5. The van der Waals surface area contributed by atoms with E-state index in [0.717, 1.165) is 31.3 Å². The Kier molecular flexibility index (Phi) is 5.39. The minimum atomic E-state index is 0.534. The van der Waals surface area contributed by atoms with Crippen LogP contribution in [0.4, 0.5) is 11.6 Å². The molecule has 1 aliphatic rings. The number of aromatic nitrogens is 2. The Bertz CT molecular complexity index is 376. The fourth-order valence-electron chi connectivity index (χ4n) is 2.38. The first kappa shape index (κ1) is 14.1. The lowest BCUT2D eigenvalue weighted by molar-refractivity contribution is 0.443. The maximum Gasteiger partial charge on any atom is 0.134 e. The summed E-state index contributed by atoms with van der Waals surface area (Å²) in [5.41, 5.74) is 0. The van der Waals surface area contributed by atoms with E-state index >= 15 is 0 Å². The lowest BCUT2D eigenvalue weighted by atomic mass is 10.1. The van der Waals surface area contributed by atoms with Crippen LogP contribution < -0.4 is 15.5 Å². The molecule has 2 N–H and O–H groups in total. The van der Waals surface area contributed by atoms with E-state index in [0.29, 0.717) is 6.04 Å². The highest BCUT2D eigenvalue weighted by atomic mass is 15.2. The average molecular weight is 263 g/mol. The zero-order valence-electron chi connectivity index (χ0n) is 12.0. The number of nitrogens with zero attached hydrogens (tertiary/aromatic N) is 3. The van der Waals surface area contributed by atoms with Gasteiger partial charge in [-0.3, -0.25) is 0 Å². The Labute approximate surface area is 115 Å². The molecule has 1 aliphatic heterocycles. The Morgan fingerprint density at radius 3 is 3.11 bits per heavy atom. The normalized spacial score (nSPS) is 19.2. The van der Waals surface area contributed by atoms with Gasteiger partial charge >= 0.3 is 0 Å². The van der Waals surface area contributed by atoms with Crippen molar-refractivity contribution >= 4 is 11.6 Å². The molecule has 1 atom stereocenters. The molecule has 0 aliphatic carbocycles. The second kappa shape index (κ2) is 7.28. The molecule has 0 aromatic carbocycles. The first-order valence-corrected chi connectivity index (χ1v) is 7.30. The fraction of sp³-hybridized carbons (Fsp3) is 0.714. The largest absolute Gasteiger partial charge is 0.370 e. The molecule has 19 heavy (non-hydrogen) atoms. The molecule has 1 saturated heterocycles. The third-order valence-electron chi connectivity index (χ3n) is 3.67. The molecule has 0 bridgehead atoms. The zero-order valence-corrected chi connectivity index (χ0v) is 12.0. The molecule has 2 rings (SSSR count). The molecule has 106 valence electrons. The summed E-state index contributed by atoms with van der Waals surface area (Å²) in [5, 5.41) is 6.79. The van der Waals surface area contributed by atoms with Crippen molar-refractivity contribution in [2.45, 2.75) is 38.6 Å². The number of nitrogens with one attached hydrogen (secondary N) is 2. The highest BCUT2D eigenvalue weighted by molar-refractivity contribution is 5.48. The van der Waals surface area contributed by atoms with E-state index in [1.165, 1.54) is 25.7 Å². The number of anilines is 2. The van der Waals surface area contributed by atoms with Crippen molar-refractivity contribution in [3.05, 3.63) is 12.4 Å². The van der Waals surface area contributed by atoms with Crippen molar-refractivity contribution in [1.82, 2.24) is 15.3 Å². The van der Waals surface area contributed by atoms with Gasteiger partial charge in [-0.2, -0.15) is 0 Å². The highest BCUT2D eigenvalue weighted by Gasteiger charge is 2.19. The monoisotopic (exact) mass is 263 g/mol. The molecule has 1 aromatic heterocycles. The first-order chi connectivity index (χ1) is 9.31. The van der Waals surface area contributed by atoms with E-state index in [-0.39, 0.29) is 0 Å². The van der Waals surface area contributed by atoms with Crippen LogP contribution in [0.25, 0.3) is 0 Å². The van der Waals surface area contributed by atoms with E-state index in [1.54, 1.807) is 6.33 Å². The van der Waals surface area contributed by atoms with Gasteiger partial charge in [0.2, 0.25) is 0 Å². The van der Waals surface area contributed by atoms with E-state index in [1.807, 2.05) is 6.07 Å². The van der Waals surface area contributed by atoms with Gasteiger partial charge in [0, 0.05) is 32.2 Å². The minimum absolute atomic E-state index is 0.534. The van der Waals surface area contributed by atoms with Crippen LogP contribution in [0.1, 0.15) is 32.6 Å². The van der Waals surface area contributed by atoms with Crippen molar-refractivity contribution in [3.8, 4) is 0 Å². The summed E-state index contributed by atoms with van der Waals surface area (Å²) in [7, 11) is 2.12. The van der Waals surface area contributed by atoms with Gasteiger partial charge in [-0.05, 0) is 25.8 Å². The predicted molar refractivity (Wildman–Crippen MR) is 79.7 cm³/mol. The van der Waals surface area contributed by atoms with Gasteiger partial charge in [0.15, 0.2) is 0 Å². The lowest BCUT2D eigenvalue weighted by Crippen LogP contribution is -2.44. The third-order valence-corrected chi connectivity index (χ3v) is 3.67. The van der Waals surface area contributed by atoms with Crippen molar-refractivity contribution in [1.29, 1.82) is 0 Å². The third kappa shape index (κ3) is 4.06. The predicted octanol–water partition coefficient (Wildman–Crippen LogP) is 1.88. The summed E-state index contributed by atoms with van der Waals surface area (Å²) in [4.78, 5) is 10.9. The highest BCUT2D eigenvalue weighted by Crippen LogP contribution is 2.18. The number of hydrogen-bond donors (Lipinski definition) is 2. The zero-order chi connectivity index (χ0) is 13.5. The van der Waals surface area contributed by atoms with E-state index in [4.69, 9.17) is 0 Å². The molecule has 5 nitrogen and oxygen atoms in total. The molecule has 1 fully saturated rings. The Hall–Kier alpha value is -1.36. The summed E-state index contributed by atoms with van der Waals surface area (Å²) in [6, 6.07) is 2.58. The summed E-state index contributed by atoms with van der Waals surface area (Å²) < 4.78 is 0. The lowest BCUT2D eigenvalue weighted by Gasteiger charge is -2.32. The van der Waals surface area contributed by atoms with Crippen LogP contribution in [0.3, 0.4) is 0 Å². The van der Waals surface area contributed by atoms with Crippen molar-refractivity contribution in [3.63, 3.8) is 0 Å². The molecular weight excluding hydrogens is 238 g/mol. The van der Waals surface area contributed by atoms with Crippen LogP contribution in [0.15, 0.2) is 12.4 Å². The van der Waals surface area contributed by atoms with E-state index in [9.17, 15) is 0 Å². The molecule has 2 heterocycles. The second-order valence-electron chi connectivity index (χ2n) is 5.15. The fourth-order valence-corrected chi connectivity index (χ4v) is 2.38. The van der Waals surface area contributed by atoms with Gasteiger partial charge in [-0.1, -0.05) is 13.3 Å². The van der Waals surface area contributed by atoms with Gasteiger partial charge in [-0.15, -0.1) is 0 Å². The maximum absolute atomic E-state index is 4.39. The summed E-state index contributed by atoms with van der Waals surface area (Å²) >= 11 is 0. The molecule has 1 aromatic rings. The maximum atomic E-state index is 4.39. The van der Waals surface area contributed by atoms with E-state index in [2.05, 4.69) is 39.5 Å². The summed E-state index contributed by atoms with van der Waals surface area (Å²) in [6.45, 7) is 5.34. The van der Waals surface area contributed by atoms with Crippen molar-refractivity contribution in [2.75, 3.05) is 36.9 Å². The number of likely N-dealkylation sites (N-methyl/N-ethyl adjacent to an activating group) is 1. The summed E-state index contributed by atoms with van der Waals surface area (Å²) in [5.74, 6) is 1.93. The van der Waals surface area contributed by atoms with Crippen LogP contribution >= 0.6 is 0 Å². The second-order valence-corrected chi connectivity index (χ2v) is 5.15. The standard InChI is InChI=1S/C14H25N5/c1-3-4-8-16-13-9-14(18-11-17-13)19(2)12-6-5-7-15-10-12/h9,11-12,15H,3-8,10H2,1-2H3,(H,16,17,18). The minimum Gasteiger partial charge on any atom is -0.370 e. The molecular formula is C14H25N5. The molecule has 0 spiro atoms. The van der Waals surface area contributed by atoms with E-state index < -0.39 is 0 Å². The Balaban J connectivity index is 1.96. The quantitative estimate of drug-likeness (QED) is 0.768. The van der Waals surface area contributed by atoms with Gasteiger partial charge < -0.3 is 15.5 Å². The van der Waals surface area contributed by atoms with Gasteiger partial charge in [0.25, 0.3) is 0 Å². The van der Waals surface area contributed by atoms with Crippen LogP contribution in [-0.4, -0.2) is 42.7 Å². The van der Waals surface area contributed by atoms with Gasteiger partial charge in [-0.25, -0.2) is 9.97 Å². The molecule has 0 saturated carbocycles. The van der Waals surface area contributed by atoms with Crippen LogP contribution in [0.5, 0.6) is 0 Å². The summed E-state index contributed by atoms with van der Waals surface area (Å²) in [6.07, 6.45) is 6.48.